The average molecular weight is 441 g/mol. The number of carbonyl (C=O) groups is 1. The second-order valence-corrected chi connectivity index (χ2v) is 7.42. The van der Waals surface area contributed by atoms with E-state index >= 15 is 0 Å². The van der Waals surface area contributed by atoms with Gasteiger partial charge in [0.2, 0.25) is 5.88 Å². The van der Waals surface area contributed by atoms with Crippen LogP contribution in [0, 0.1) is 6.92 Å². The van der Waals surface area contributed by atoms with Gasteiger partial charge in [0.15, 0.2) is 0 Å². The van der Waals surface area contributed by atoms with Crippen molar-refractivity contribution in [2.45, 2.75) is 26.8 Å². The van der Waals surface area contributed by atoms with Crippen molar-refractivity contribution >= 4 is 28.6 Å². The average Bonchev–Trinajstić information content (AvgIpc) is 3.39. The number of hydrogen-bond acceptors (Lipinski definition) is 7. The molecule has 1 aromatic carbocycles. The van der Waals surface area contributed by atoms with Crippen LogP contribution in [0.2, 0.25) is 5.02 Å². The molecule has 1 atom stereocenters. The smallest absolute Gasteiger partial charge is 0.341 e. The Morgan fingerprint density at radius 2 is 2.00 bits per heavy atom. The normalized spacial score (nSPS) is 12.2. The Bertz CT molecular complexity index is 1250. The third-order valence-corrected chi connectivity index (χ3v) is 5.02. The van der Waals surface area contributed by atoms with Crippen molar-refractivity contribution in [3.63, 3.8) is 0 Å². The molecule has 4 rings (SSSR count). The van der Waals surface area contributed by atoms with Crippen LogP contribution in [0.3, 0.4) is 0 Å². The largest absolute Gasteiger partial charge is 0.479 e. The van der Waals surface area contributed by atoms with Crippen molar-refractivity contribution < 1.29 is 14.3 Å². The van der Waals surface area contributed by atoms with Crippen LogP contribution in [-0.2, 0) is 4.74 Å². The highest BCUT2D eigenvalue weighted by molar-refractivity contribution is 6.30. The van der Waals surface area contributed by atoms with Crippen LogP contribution in [0.5, 0.6) is 5.88 Å². The molecule has 3 aromatic heterocycles. The van der Waals surface area contributed by atoms with E-state index in [1.807, 2.05) is 26.0 Å². The molecular formula is C21H21ClN6O3. The lowest BCUT2D eigenvalue weighted by Crippen LogP contribution is -2.11. The molecule has 0 spiro atoms. The fourth-order valence-electron chi connectivity index (χ4n) is 3.36. The predicted octanol–water partition coefficient (Wildman–Crippen LogP) is 3.77. The summed E-state index contributed by atoms with van der Waals surface area (Å²) in [6.45, 7) is 6.04. The minimum absolute atomic E-state index is 0.127. The maximum atomic E-state index is 11.9. The molecular weight excluding hydrogens is 420 g/mol. The van der Waals surface area contributed by atoms with E-state index in [4.69, 9.17) is 21.1 Å². The minimum Gasteiger partial charge on any atom is -0.479 e. The van der Waals surface area contributed by atoms with Crippen LogP contribution < -0.4 is 4.74 Å². The molecule has 0 radical (unpaired) electrons. The van der Waals surface area contributed by atoms with Crippen LogP contribution in [0.15, 0.2) is 36.8 Å². The first-order valence-electron chi connectivity index (χ1n) is 9.69. The van der Waals surface area contributed by atoms with Gasteiger partial charge >= 0.3 is 5.97 Å². The van der Waals surface area contributed by atoms with Gasteiger partial charge in [0.25, 0.3) is 5.95 Å². The van der Waals surface area contributed by atoms with Gasteiger partial charge in [0, 0.05) is 11.2 Å². The van der Waals surface area contributed by atoms with Gasteiger partial charge in [-0.25, -0.2) is 14.5 Å². The van der Waals surface area contributed by atoms with E-state index < -0.39 is 5.97 Å². The van der Waals surface area contributed by atoms with Crippen LogP contribution in [0.1, 0.15) is 41.4 Å². The van der Waals surface area contributed by atoms with E-state index in [0.29, 0.717) is 27.5 Å². The van der Waals surface area contributed by atoms with Crippen LogP contribution >= 0.6 is 11.6 Å². The fraction of sp³-hybridized carbons (Fsp3) is 0.286. The zero-order valence-electron chi connectivity index (χ0n) is 17.5. The molecule has 0 aliphatic carbocycles. The summed E-state index contributed by atoms with van der Waals surface area (Å²) in [6, 6.07) is 5.75. The Kier molecular flexibility index (Phi) is 5.60. The zero-order valence-corrected chi connectivity index (χ0v) is 18.3. The number of benzene rings is 1. The third-order valence-electron chi connectivity index (χ3n) is 4.81. The fourth-order valence-corrected chi connectivity index (χ4v) is 3.65. The number of aryl methyl sites for hydroxylation is 1. The van der Waals surface area contributed by atoms with E-state index in [-0.39, 0.29) is 18.6 Å². The van der Waals surface area contributed by atoms with E-state index in [2.05, 4.69) is 26.2 Å². The molecule has 0 aliphatic rings. The molecule has 3 heterocycles. The number of aromatic nitrogens is 6. The van der Waals surface area contributed by atoms with E-state index in [9.17, 15) is 4.79 Å². The van der Waals surface area contributed by atoms with Gasteiger partial charge in [0.05, 0.1) is 37.7 Å². The molecule has 160 valence electrons. The quantitative estimate of drug-likeness (QED) is 0.421. The number of hydrogen-bond donors (Lipinski definition) is 0. The molecule has 31 heavy (non-hydrogen) atoms. The number of ether oxygens (including phenoxy) is 2. The molecule has 0 fully saturated rings. The number of nitrogens with zero attached hydrogens (tertiary/aromatic N) is 6. The second kappa shape index (κ2) is 8.35. The monoisotopic (exact) mass is 440 g/mol. The first kappa shape index (κ1) is 20.8. The molecule has 4 aromatic rings. The van der Waals surface area contributed by atoms with Gasteiger partial charge in [-0.1, -0.05) is 17.7 Å². The number of methoxy groups -OCH3 is 1. The SMILES string of the molecule is CCOC(=O)c1cnn(-c2nc(OC)c3c(cnn3[C@@H](C)c3cc(C)cc(Cl)c3)n2)c1. The summed E-state index contributed by atoms with van der Waals surface area (Å²) in [6.07, 6.45) is 4.57. The van der Waals surface area contributed by atoms with Crippen molar-refractivity contribution in [1.29, 1.82) is 0 Å². The lowest BCUT2D eigenvalue weighted by molar-refractivity contribution is 0.0526. The summed E-state index contributed by atoms with van der Waals surface area (Å²) in [4.78, 5) is 21.0. The third kappa shape index (κ3) is 3.96. The van der Waals surface area contributed by atoms with Crippen LogP contribution in [0.4, 0.5) is 0 Å². The van der Waals surface area contributed by atoms with E-state index in [0.717, 1.165) is 11.1 Å². The van der Waals surface area contributed by atoms with Crippen LogP contribution in [-0.4, -0.2) is 49.2 Å². The highest BCUT2D eigenvalue weighted by Gasteiger charge is 2.21. The molecule has 0 bridgehead atoms. The molecule has 10 heteroatoms. The van der Waals surface area contributed by atoms with Gasteiger partial charge in [-0.05, 0) is 44.0 Å². The number of fused-ring (bicyclic) bond motifs is 1. The van der Waals surface area contributed by atoms with E-state index in [1.165, 1.54) is 24.2 Å². The van der Waals surface area contributed by atoms with Crippen LogP contribution in [0.25, 0.3) is 17.0 Å². The van der Waals surface area contributed by atoms with Gasteiger partial charge in [-0.2, -0.15) is 15.2 Å². The Labute approximate surface area is 183 Å². The first-order chi connectivity index (χ1) is 14.9. The Morgan fingerprint density at radius 3 is 2.71 bits per heavy atom. The predicted molar refractivity (Wildman–Crippen MR) is 115 cm³/mol. The molecule has 0 saturated carbocycles. The van der Waals surface area contributed by atoms with Crippen molar-refractivity contribution in [2.24, 2.45) is 0 Å². The lowest BCUT2D eigenvalue weighted by atomic mass is 10.1. The summed E-state index contributed by atoms with van der Waals surface area (Å²) in [5, 5.41) is 9.36. The first-order valence-corrected chi connectivity index (χ1v) is 10.1. The number of esters is 1. The highest BCUT2D eigenvalue weighted by atomic mass is 35.5. The standard InChI is InChI=1S/C21H21ClN6O3/c1-5-31-20(29)15-9-23-27(11-15)21-25-17-10-24-28(18(17)19(26-21)30-4)13(3)14-6-12(2)7-16(22)8-14/h6-11,13H,5H2,1-4H3/t13-/m0/s1. The summed E-state index contributed by atoms with van der Waals surface area (Å²) in [5.41, 5.74) is 3.61. The molecule has 0 aliphatic heterocycles. The molecule has 0 unspecified atom stereocenters. The van der Waals surface area contributed by atoms with Crippen molar-refractivity contribution in [3.8, 4) is 11.8 Å². The van der Waals surface area contributed by atoms with Crippen molar-refractivity contribution in [2.75, 3.05) is 13.7 Å². The lowest BCUT2D eigenvalue weighted by Gasteiger charge is -2.16. The van der Waals surface area contributed by atoms with Gasteiger partial charge in [-0.3, -0.25) is 4.68 Å². The Morgan fingerprint density at radius 1 is 1.19 bits per heavy atom. The Hall–Kier alpha value is -3.46. The summed E-state index contributed by atoms with van der Waals surface area (Å²) in [5.74, 6) is 0.141. The molecule has 0 saturated heterocycles. The molecule has 0 amide bonds. The maximum absolute atomic E-state index is 11.9. The van der Waals surface area contributed by atoms with Crippen molar-refractivity contribution in [3.05, 3.63) is 58.5 Å². The number of rotatable bonds is 6. The maximum Gasteiger partial charge on any atom is 0.341 e. The topological polar surface area (TPSA) is 97.0 Å². The minimum atomic E-state index is -0.458. The Balaban J connectivity index is 1.76. The summed E-state index contributed by atoms with van der Waals surface area (Å²) in [7, 11) is 1.53. The highest BCUT2D eigenvalue weighted by Crippen LogP contribution is 2.30. The van der Waals surface area contributed by atoms with Gasteiger partial charge in [0.1, 0.15) is 11.0 Å². The van der Waals surface area contributed by atoms with Gasteiger partial charge < -0.3 is 9.47 Å². The molecule has 9 nitrogen and oxygen atoms in total. The number of halogens is 1. The number of carbonyl (C=O) groups excluding carboxylic acids is 1. The van der Waals surface area contributed by atoms with Crippen molar-refractivity contribution in [1.82, 2.24) is 29.5 Å². The van der Waals surface area contributed by atoms with E-state index in [1.54, 1.807) is 17.8 Å². The molecule has 0 N–H and O–H groups in total. The summed E-state index contributed by atoms with van der Waals surface area (Å²) < 4.78 is 13.7. The zero-order chi connectivity index (χ0) is 22.1. The second-order valence-electron chi connectivity index (χ2n) is 6.99. The van der Waals surface area contributed by atoms with Gasteiger partial charge in [-0.15, -0.1) is 0 Å². The summed E-state index contributed by atoms with van der Waals surface area (Å²) >= 11 is 6.24.